The van der Waals surface area contributed by atoms with Gasteiger partial charge in [-0.25, -0.2) is 4.79 Å². The number of thiophene rings is 1. The second-order valence-electron chi connectivity index (χ2n) is 5.61. The molecular formula is C19H22BrNO3S. The van der Waals surface area contributed by atoms with Crippen LogP contribution in [0.1, 0.15) is 48.3 Å². The molecule has 4 nitrogen and oxygen atoms in total. The maximum Gasteiger partial charge on any atom is 0.341 e. The zero-order valence-corrected chi connectivity index (χ0v) is 17.1. The first-order chi connectivity index (χ1) is 12.0. The van der Waals surface area contributed by atoms with Gasteiger partial charge >= 0.3 is 5.97 Å². The average Bonchev–Trinajstić information content (AvgIpc) is 2.98. The number of ether oxygens (including phenoxy) is 1. The van der Waals surface area contributed by atoms with Crippen molar-refractivity contribution in [1.82, 2.24) is 0 Å². The van der Waals surface area contributed by atoms with Crippen LogP contribution in [-0.4, -0.2) is 19.0 Å². The average molecular weight is 424 g/mol. The van der Waals surface area contributed by atoms with Crippen molar-refractivity contribution in [3.05, 3.63) is 39.2 Å². The molecule has 6 heteroatoms. The van der Waals surface area contributed by atoms with Crippen LogP contribution in [0.2, 0.25) is 0 Å². The van der Waals surface area contributed by atoms with Crippen LogP contribution < -0.4 is 5.32 Å². The predicted octanol–water partition coefficient (Wildman–Crippen LogP) is 5.66. The number of anilines is 1. The van der Waals surface area contributed by atoms with Crippen molar-refractivity contribution in [3.63, 3.8) is 0 Å². The van der Waals surface area contributed by atoms with Gasteiger partial charge in [-0.2, -0.15) is 0 Å². The molecule has 25 heavy (non-hydrogen) atoms. The molecule has 0 atom stereocenters. The first kappa shape index (κ1) is 19.7. The standard InChI is InChI=1S/C19H22BrNO3S/c1-4-6-7-15(22)21-18-17(19(23)24-3)16(14(5-2)25-18)12-8-10-13(20)11-9-12/h8-11H,4-7H2,1-3H3,(H,21,22). The van der Waals surface area contributed by atoms with Gasteiger partial charge in [0.05, 0.1) is 7.11 Å². The minimum Gasteiger partial charge on any atom is -0.465 e. The maximum absolute atomic E-state index is 12.4. The first-order valence-corrected chi connectivity index (χ1v) is 9.92. The highest BCUT2D eigenvalue weighted by Crippen LogP contribution is 2.41. The monoisotopic (exact) mass is 423 g/mol. The van der Waals surface area contributed by atoms with Crippen molar-refractivity contribution < 1.29 is 14.3 Å². The summed E-state index contributed by atoms with van der Waals surface area (Å²) in [5.41, 5.74) is 2.22. The van der Waals surface area contributed by atoms with Crippen LogP contribution in [0.25, 0.3) is 11.1 Å². The van der Waals surface area contributed by atoms with E-state index in [0.29, 0.717) is 17.0 Å². The molecule has 1 heterocycles. The van der Waals surface area contributed by atoms with Crippen molar-refractivity contribution in [2.24, 2.45) is 0 Å². The second-order valence-corrected chi connectivity index (χ2v) is 7.63. The van der Waals surface area contributed by atoms with E-state index in [-0.39, 0.29) is 5.91 Å². The van der Waals surface area contributed by atoms with Gasteiger partial charge in [-0.3, -0.25) is 4.79 Å². The van der Waals surface area contributed by atoms with E-state index in [0.717, 1.165) is 39.7 Å². The molecule has 0 saturated carbocycles. The van der Waals surface area contributed by atoms with Gasteiger partial charge in [0, 0.05) is 21.3 Å². The molecule has 0 fully saturated rings. The number of aryl methyl sites for hydroxylation is 1. The van der Waals surface area contributed by atoms with E-state index in [4.69, 9.17) is 4.74 Å². The highest BCUT2D eigenvalue weighted by molar-refractivity contribution is 9.10. The van der Waals surface area contributed by atoms with Crippen LogP contribution in [0.4, 0.5) is 5.00 Å². The Balaban J connectivity index is 2.51. The molecule has 0 bridgehead atoms. The Bertz CT molecular complexity index is 753. The number of unbranched alkanes of at least 4 members (excludes halogenated alkanes) is 1. The van der Waals surface area contributed by atoms with Crippen molar-refractivity contribution >= 4 is 44.1 Å². The quantitative estimate of drug-likeness (QED) is 0.584. The summed E-state index contributed by atoms with van der Waals surface area (Å²) in [5.74, 6) is -0.502. The Morgan fingerprint density at radius 2 is 1.88 bits per heavy atom. The summed E-state index contributed by atoms with van der Waals surface area (Å²) in [4.78, 5) is 25.7. The van der Waals surface area contributed by atoms with Crippen molar-refractivity contribution in [2.45, 2.75) is 39.5 Å². The third-order valence-corrected chi connectivity index (χ3v) is 5.61. The molecular weight excluding hydrogens is 402 g/mol. The molecule has 0 saturated heterocycles. The third-order valence-electron chi connectivity index (χ3n) is 3.84. The van der Waals surface area contributed by atoms with Gasteiger partial charge in [0.25, 0.3) is 0 Å². The van der Waals surface area contributed by atoms with E-state index in [1.54, 1.807) is 0 Å². The summed E-state index contributed by atoms with van der Waals surface area (Å²) in [7, 11) is 1.36. The van der Waals surface area contributed by atoms with Crippen LogP contribution in [0.3, 0.4) is 0 Å². The number of methoxy groups -OCH3 is 1. The van der Waals surface area contributed by atoms with Crippen LogP contribution in [-0.2, 0) is 16.0 Å². The van der Waals surface area contributed by atoms with Crippen LogP contribution in [0.15, 0.2) is 28.7 Å². The minimum atomic E-state index is -0.431. The minimum absolute atomic E-state index is 0.0711. The molecule has 0 aliphatic rings. The fourth-order valence-electron chi connectivity index (χ4n) is 2.56. The molecule has 1 amide bonds. The number of halogens is 1. The number of esters is 1. The summed E-state index contributed by atoms with van der Waals surface area (Å²) in [6.07, 6.45) is 2.99. The van der Waals surface area contributed by atoms with E-state index in [1.807, 2.05) is 38.1 Å². The van der Waals surface area contributed by atoms with Gasteiger partial charge in [-0.15, -0.1) is 11.3 Å². The molecule has 1 N–H and O–H groups in total. The SMILES string of the molecule is CCCCC(=O)Nc1sc(CC)c(-c2ccc(Br)cc2)c1C(=O)OC. The molecule has 0 spiro atoms. The van der Waals surface area contributed by atoms with E-state index in [2.05, 4.69) is 21.2 Å². The molecule has 2 rings (SSSR count). The highest BCUT2D eigenvalue weighted by Gasteiger charge is 2.25. The van der Waals surface area contributed by atoms with Gasteiger partial charge in [0.15, 0.2) is 0 Å². The summed E-state index contributed by atoms with van der Waals surface area (Å²) in [6, 6.07) is 7.79. The molecule has 1 aromatic carbocycles. The summed E-state index contributed by atoms with van der Waals surface area (Å²) >= 11 is 4.88. The lowest BCUT2D eigenvalue weighted by molar-refractivity contribution is -0.116. The predicted molar refractivity (Wildman–Crippen MR) is 106 cm³/mol. The van der Waals surface area contributed by atoms with E-state index in [9.17, 15) is 9.59 Å². The van der Waals surface area contributed by atoms with Crippen molar-refractivity contribution in [2.75, 3.05) is 12.4 Å². The molecule has 1 aromatic heterocycles. The van der Waals surface area contributed by atoms with Crippen molar-refractivity contribution in [3.8, 4) is 11.1 Å². The van der Waals surface area contributed by atoms with Gasteiger partial charge < -0.3 is 10.1 Å². The molecule has 0 radical (unpaired) electrons. The van der Waals surface area contributed by atoms with Crippen LogP contribution in [0, 0.1) is 0 Å². The Morgan fingerprint density at radius 1 is 1.20 bits per heavy atom. The number of hydrogen-bond donors (Lipinski definition) is 1. The Labute approximate surface area is 160 Å². The maximum atomic E-state index is 12.4. The number of amides is 1. The zero-order chi connectivity index (χ0) is 18.4. The highest BCUT2D eigenvalue weighted by atomic mass is 79.9. The largest absolute Gasteiger partial charge is 0.465 e. The zero-order valence-electron chi connectivity index (χ0n) is 14.6. The number of benzene rings is 1. The second kappa shape index (κ2) is 9.15. The van der Waals surface area contributed by atoms with Gasteiger partial charge in [0.2, 0.25) is 5.91 Å². The van der Waals surface area contributed by atoms with E-state index >= 15 is 0 Å². The molecule has 2 aromatic rings. The lowest BCUT2D eigenvalue weighted by Crippen LogP contribution is -2.13. The first-order valence-electron chi connectivity index (χ1n) is 8.31. The smallest absolute Gasteiger partial charge is 0.341 e. The Hall–Kier alpha value is -1.66. The van der Waals surface area contributed by atoms with Gasteiger partial charge in [-0.1, -0.05) is 48.3 Å². The van der Waals surface area contributed by atoms with Crippen molar-refractivity contribution in [1.29, 1.82) is 0 Å². The molecule has 0 aliphatic carbocycles. The van der Waals surface area contributed by atoms with E-state index < -0.39 is 5.97 Å². The Morgan fingerprint density at radius 3 is 2.44 bits per heavy atom. The normalized spacial score (nSPS) is 10.6. The fourth-order valence-corrected chi connectivity index (χ4v) is 3.99. The number of carbonyl (C=O) groups is 2. The lowest BCUT2D eigenvalue weighted by atomic mass is 10.00. The number of hydrogen-bond acceptors (Lipinski definition) is 4. The molecule has 0 aliphatic heterocycles. The number of carbonyl (C=O) groups excluding carboxylic acids is 2. The third kappa shape index (κ3) is 4.70. The summed E-state index contributed by atoms with van der Waals surface area (Å²) in [5, 5.41) is 3.48. The fraction of sp³-hybridized carbons (Fsp3) is 0.368. The molecule has 0 unspecified atom stereocenters. The summed E-state index contributed by atoms with van der Waals surface area (Å²) < 4.78 is 5.96. The van der Waals surface area contributed by atoms with Crippen LogP contribution >= 0.6 is 27.3 Å². The topological polar surface area (TPSA) is 55.4 Å². The van der Waals surface area contributed by atoms with Gasteiger partial charge in [0.1, 0.15) is 10.6 Å². The molecule has 134 valence electrons. The summed E-state index contributed by atoms with van der Waals surface area (Å²) in [6.45, 7) is 4.08. The lowest BCUT2D eigenvalue weighted by Gasteiger charge is -2.08. The van der Waals surface area contributed by atoms with Crippen LogP contribution in [0.5, 0.6) is 0 Å². The number of nitrogens with one attached hydrogen (secondary N) is 1. The number of rotatable bonds is 7. The van der Waals surface area contributed by atoms with Gasteiger partial charge in [-0.05, 0) is 30.5 Å². The van der Waals surface area contributed by atoms with E-state index in [1.165, 1.54) is 18.4 Å². The Kier molecular flexibility index (Phi) is 7.20.